The van der Waals surface area contributed by atoms with E-state index < -0.39 is 12.1 Å². The lowest BCUT2D eigenvalue weighted by atomic mass is 10.1. The molecule has 0 aliphatic rings. The van der Waals surface area contributed by atoms with E-state index in [0.717, 1.165) is 10.4 Å². The molecule has 0 radical (unpaired) electrons. The summed E-state index contributed by atoms with van der Waals surface area (Å²) in [6, 6.07) is 20.5. The summed E-state index contributed by atoms with van der Waals surface area (Å²) in [5.74, 6) is -0.758. The second-order valence-electron chi connectivity index (χ2n) is 6.22. The Bertz CT molecular complexity index is 874. The minimum absolute atomic E-state index is 0.238. The summed E-state index contributed by atoms with van der Waals surface area (Å²) in [7, 11) is 0. The van der Waals surface area contributed by atoms with Crippen molar-refractivity contribution in [1.82, 2.24) is 0 Å². The Morgan fingerprint density at radius 3 is 2.41 bits per heavy atom. The van der Waals surface area contributed by atoms with E-state index in [1.54, 1.807) is 23.5 Å². The van der Waals surface area contributed by atoms with Gasteiger partial charge in [-0.25, -0.2) is 0 Å². The number of hydrogen-bond donors (Lipinski definition) is 1. The van der Waals surface area contributed by atoms with Crippen molar-refractivity contribution in [3.8, 4) is 0 Å². The Kier molecular flexibility index (Phi) is 6.39. The smallest absolute Gasteiger partial charge is 0.307 e. The van der Waals surface area contributed by atoms with Crippen molar-refractivity contribution in [2.75, 3.05) is 5.32 Å². The minimum Gasteiger partial charge on any atom is -0.447 e. The van der Waals surface area contributed by atoms with Crippen LogP contribution < -0.4 is 5.32 Å². The van der Waals surface area contributed by atoms with Gasteiger partial charge in [0.1, 0.15) is 0 Å². The van der Waals surface area contributed by atoms with E-state index in [1.807, 2.05) is 66.9 Å². The van der Waals surface area contributed by atoms with Gasteiger partial charge < -0.3 is 10.1 Å². The molecule has 5 heteroatoms. The number of anilines is 1. The Hall–Kier alpha value is -2.92. The quantitative estimate of drug-likeness (QED) is 0.593. The van der Waals surface area contributed by atoms with Crippen molar-refractivity contribution in [3.05, 3.63) is 88.1 Å². The van der Waals surface area contributed by atoms with Gasteiger partial charge >= 0.3 is 5.97 Å². The molecule has 0 fully saturated rings. The Morgan fingerprint density at radius 1 is 1.00 bits per heavy atom. The highest BCUT2D eigenvalue weighted by atomic mass is 32.1. The van der Waals surface area contributed by atoms with Gasteiger partial charge in [-0.2, -0.15) is 0 Å². The van der Waals surface area contributed by atoms with Gasteiger partial charge in [0.05, 0.1) is 6.42 Å². The fraction of sp³-hybridized carbons (Fsp3) is 0.182. The van der Waals surface area contributed by atoms with Crippen molar-refractivity contribution >= 4 is 28.9 Å². The second kappa shape index (κ2) is 9.14. The van der Waals surface area contributed by atoms with Crippen LogP contribution in [0, 0.1) is 6.92 Å². The number of hydrogen-bond acceptors (Lipinski definition) is 4. The van der Waals surface area contributed by atoms with E-state index in [2.05, 4.69) is 5.32 Å². The van der Waals surface area contributed by atoms with Crippen LogP contribution in [0.3, 0.4) is 0 Å². The molecule has 0 saturated heterocycles. The molecule has 0 unspecified atom stereocenters. The predicted molar refractivity (Wildman–Crippen MR) is 108 cm³/mol. The van der Waals surface area contributed by atoms with Crippen LogP contribution in [0.5, 0.6) is 0 Å². The molecule has 27 heavy (non-hydrogen) atoms. The number of nitrogens with one attached hydrogen (secondary N) is 1. The molecule has 0 bridgehead atoms. The van der Waals surface area contributed by atoms with Gasteiger partial charge in [-0.1, -0.05) is 54.1 Å². The first-order chi connectivity index (χ1) is 13.1. The number of thiophene rings is 1. The zero-order chi connectivity index (χ0) is 19.1. The summed E-state index contributed by atoms with van der Waals surface area (Å²) in [4.78, 5) is 26.2. The summed E-state index contributed by atoms with van der Waals surface area (Å²) in [5.41, 5.74) is 2.42. The van der Waals surface area contributed by atoms with Crippen molar-refractivity contribution < 1.29 is 14.3 Å². The molecule has 1 N–H and O–H groups in total. The van der Waals surface area contributed by atoms with Gasteiger partial charge in [0, 0.05) is 16.1 Å². The van der Waals surface area contributed by atoms with Gasteiger partial charge in [0.2, 0.25) is 6.10 Å². The van der Waals surface area contributed by atoms with Crippen LogP contribution in [0.1, 0.15) is 28.5 Å². The number of benzene rings is 2. The van der Waals surface area contributed by atoms with Gasteiger partial charge in [-0.05, 0) is 36.9 Å². The zero-order valence-corrected chi connectivity index (χ0v) is 15.9. The van der Waals surface area contributed by atoms with E-state index in [4.69, 9.17) is 4.74 Å². The summed E-state index contributed by atoms with van der Waals surface area (Å²) in [5, 5.41) is 4.80. The number of carbonyl (C=O) groups is 2. The lowest BCUT2D eigenvalue weighted by molar-refractivity contribution is -0.154. The van der Waals surface area contributed by atoms with Crippen LogP contribution in [0.4, 0.5) is 5.69 Å². The lowest BCUT2D eigenvalue weighted by Gasteiger charge is -2.18. The molecule has 0 aliphatic heterocycles. The molecule has 4 nitrogen and oxygen atoms in total. The first-order valence-electron chi connectivity index (χ1n) is 8.76. The van der Waals surface area contributed by atoms with E-state index in [1.165, 1.54) is 0 Å². The van der Waals surface area contributed by atoms with Gasteiger partial charge in [0.25, 0.3) is 5.91 Å². The number of aryl methyl sites for hydroxylation is 2. The second-order valence-corrected chi connectivity index (χ2v) is 7.25. The van der Waals surface area contributed by atoms with E-state index in [0.29, 0.717) is 17.7 Å². The fourth-order valence-corrected chi connectivity index (χ4v) is 3.32. The molecule has 2 aromatic carbocycles. The average molecular weight is 379 g/mol. The topological polar surface area (TPSA) is 55.4 Å². The molecule has 1 atom stereocenters. The van der Waals surface area contributed by atoms with Crippen LogP contribution in [-0.2, 0) is 20.7 Å². The summed E-state index contributed by atoms with van der Waals surface area (Å²) < 4.78 is 5.55. The van der Waals surface area contributed by atoms with Crippen LogP contribution in [0.2, 0.25) is 0 Å². The number of rotatable bonds is 7. The van der Waals surface area contributed by atoms with E-state index in [9.17, 15) is 9.59 Å². The number of ether oxygens (including phenoxy) is 1. The van der Waals surface area contributed by atoms with Crippen LogP contribution >= 0.6 is 11.3 Å². The molecule has 0 spiro atoms. The molecule has 138 valence electrons. The highest BCUT2D eigenvalue weighted by Crippen LogP contribution is 2.22. The first kappa shape index (κ1) is 18.9. The Morgan fingerprint density at radius 2 is 1.74 bits per heavy atom. The normalized spacial score (nSPS) is 11.6. The average Bonchev–Trinajstić information content (AvgIpc) is 3.20. The maximum absolute atomic E-state index is 12.8. The van der Waals surface area contributed by atoms with Gasteiger partial charge in [-0.15, -0.1) is 11.3 Å². The summed E-state index contributed by atoms with van der Waals surface area (Å²) >= 11 is 1.60. The monoisotopic (exact) mass is 379 g/mol. The molecule has 1 heterocycles. The first-order valence-corrected chi connectivity index (χ1v) is 9.64. The number of esters is 1. The Labute approximate surface area is 162 Å². The third-order valence-electron chi connectivity index (χ3n) is 4.06. The van der Waals surface area contributed by atoms with Crippen molar-refractivity contribution in [1.29, 1.82) is 0 Å². The zero-order valence-electron chi connectivity index (χ0n) is 15.1. The van der Waals surface area contributed by atoms with Crippen molar-refractivity contribution in [2.45, 2.75) is 25.9 Å². The summed E-state index contributed by atoms with van der Waals surface area (Å²) in [6.07, 6.45) is -0.137. The molecule has 3 aromatic rings. The number of carbonyl (C=O) groups excluding carboxylic acids is 2. The highest BCUT2D eigenvalue weighted by molar-refractivity contribution is 7.09. The fourth-order valence-electron chi connectivity index (χ4n) is 2.62. The molecule has 3 rings (SSSR count). The molecule has 0 saturated carbocycles. The molecule has 0 aliphatic carbocycles. The minimum atomic E-state index is -0.983. The molecular formula is C22H21NO3S. The standard InChI is InChI=1S/C22H21NO3S/c1-16-9-11-18(12-10-16)23-22(25)21(17-6-3-2-4-7-17)26-20(24)14-13-19-8-5-15-27-19/h2-12,15,21H,13-14H2,1H3,(H,23,25)/t21-/m0/s1. The van der Waals surface area contributed by atoms with Crippen LogP contribution in [-0.4, -0.2) is 11.9 Å². The predicted octanol–water partition coefficient (Wildman–Crippen LogP) is 4.91. The Balaban J connectivity index is 1.69. The molecule has 1 aromatic heterocycles. The number of amides is 1. The van der Waals surface area contributed by atoms with E-state index >= 15 is 0 Å². The molecular weight excluding hydrogens is 358 g/mol. The third kappa shape index (κ3) is 5.53. The maximum atomic E-state index is 12.8. The highest BCUT2D eigenvalue weighted by Gasteiger charge is 2.25. The lowest BCUT2D eigenvalue weighted by Crippen LogP contribution is -2.26. The SMILES string of the molecule is Cc1ccc(NC(=O)[C@@H](OC(=O)CCc2cccs2)c2ccccc2)cc1. The van der Waals surface area contributed by atoms with Gasteiger partial charge in [-0.3, -0.25) is 9.59 Å². The van der Waals surface area contributed by atoms with Gasteiger partial charge in [0.15, 0.2) is 0 Å². The maximum Gasteiger partial charge on any atom is 0.307 e. The largest absolute Gasteiger partial charge is 0.447 e. The van der Waals surface area contributed by atoms with Crippen molar-refractivity contribution in [2.24, 2.45) is 0 Å². The van der Waals surface area contributed by atoms with E-state index in [-0.39, 0.29) is 12.3 Å². The third-order valence-corrected chi connectivity index (χ3v) is 5.00. The van der Waals surface area contributed by atoms with Crippen LogP contribution in [0.15, 0.2) is 72.1 Å². The van der Waals surface area contributed by atoms with Crippen LogP contribution in [0.25, 0.3) is 0 Å². The summed E-state index contributed by atoms with van der Waals surface area (Å²) in [6.45, 7) is 1.98. The molecule has 1 amide bonds. The van der Waals surface area contributed by atoms with Crippen molar-refractivity contribution in [3.63, 3.8) is 0 Å².